The van der Waals surface area contributed by atoms with Crippen LogP contribution < -0.4 is 0 Å². The minimum Gasteiger partial charge on any atom is -0.223 e. The lowest BCUT2D eigenvalue weighted by Crippen LogP contribution is -2.02. The molecule has 0 saturated heterocycles. The summed E-state index contributed by atoms with van der Waals surface area (Å²) in [4.78, 5) is 0. The van der Waals surface area contributed by atoms with Gasteiger partial charge in [0.1, 0.15) is 5.69 Å². The monoisotopic (exact) mass is 254 g/mol. The molecule has 2 aromatic rings. The third-order valence-corrected chi connectivity index (χ3v) is 5.19. The van der Waals surface area contributed by atoms with E-state index < -0.39 is 9.84 Å². The maximum absolute atomic E-state index is 11.8. The van der Waals surface area contributed by atoms with E-state index in [2.05, 4.69) is 9.59 Å². The van der Waals surface area contributed by atoms with E-state index >= 15 is 0 Å². The van der Waals surface area contributed by atoms with Gasteiger partial charge in [0.25, 0.3) is 0 Å². The Bertz CT molecular complexity index is 576. The number of aromatic nitrogens is 2. The molecular weight excluding hydrogens is 244 g/mol. The first kappa shape index (κ1) is 11.2. The normalized spacial score (nSPS) is 11.6. The minimum atomic E-state index is -3.24. The molecule has 0 fully saturated rings. The largest absolute Gasteiger partial charge is 0.223 e. The van der Waals surface area contributed by atoms with Crippen LogP contribution in [0.2, 0.25) is 0 Å². The summed E-state index contributed by atoms with van der Waals surface area (Å²) in [5.74, 6) is 0.0662. The highest BCUT2D eigenvalue weighted by molar-refractivity contribution is 7.93. The molecule has 0 radical (unpaired) electrons. The van der Waals surface area contributed by atoms with Gasteiger partial charge in [-0.25, -0.2) is 8.42 Å². The third kappa shape index (κ3) is 1.98. The highest BCUT2D eigenvalue weighted by atomic mass is 32.2. The molecule has 0 amide bonds. The van der Waals surface area contributed by atoms with E-state index in [4.69, 9.17) is 0 Å². The number of nitrogens with zero attached hydrogens (tertiary/aromatic N) is 2. The van der Waals surface area contributed by atoms with Gasteiger partial charge in [-0.1, -0.05) is 41.7 Å². The first-order valence-electron chi connectivity index (χ1n) is 4.75. The molecular formula is C10H10N2O2S2. The third-order valence-electron chi connectivity index (χ3n) is 2.17. The maximum Gasteiger partial charge on any atom is 0.191 e. The van der Waals surface area contributed by atoms with E-state index in [-0.39, 0.29) is 9.96 Å². The van der Waals surface area contributed by atoms with Crippen molar-refractivity contribution in [1.29, 1.82) is 0 Å². The highest BCUT2D eigenvalue weighted by Gasteiger charge is 2.21. The van der Waals surface area contributed by atoms with Crippen molar-refractivity contribution in [2.75, 3.05) is 5.75 Å². The molecule has 0 spiro atoms. The zero-order chi connectivity index (χ0) is 11.6. The van der Waals surface area contributed by atoms with Gasteiger partial charge in [-0.15, -0.1) is 5.10 Å². The highest BCUT2D eigenvalue weighted by Crippen LogP contribution is 2.28. The fraction of sp³-hybridized carbons (Fsp3) is 0.200. The Balaban J connectivity index is 2.58. The Kier molecular flexibility index (Phi) is 3.02. The van der Waals surface area contributed by atoms with Gasteiger partial charge < -0.3 is 0 Å². The average Bonchev–Trinajstić information content (AvgIpc) is 2.80. The second-order valence-electron chi connectivity index (χ2n) is 3.18. The van der Waals surface area contributed by atoms with Crippen LogP contribution in [0.3, 0.4) is 0 Å². The van der Waals surface area contributed by atoms with Crippen LogP contribution in [-0.2, 0) is 9.84 Å². The van der Waals surface area contributed by atoms with Crippen LogP contribution in [0.4, 0.5) is 0 Å². The molecule has 0 N–H and O–H groups in total. The number of hydrogen-bond donors (Lipinski definition) is 0. The standard InChI is InChI=1S/C10H10N2O2S2/c1-2-16(13,14)10-9(11-12-15-10)8-6-4-3-5-7-8/h3-7H,2H2,1H3. The van der Waals surface area contributed by atoms with Crippen LogP contribution in [0.1, 0.15) is 6.92 Å². The molecule has 1 aromatic heterocycles. The fourth-order valence-corrected chi connectivity index (χ4v) is 3.35. The molecule has 4 nitrogen and oxygen atoms in total. The predicted molar refractivity (Wildman–Crippen MR) is 63.1 cm³/mol. The summed E-state index contributed by atoms with van der Waals surface area (Å²) in [7, 11) is -3.24. The van der Waals surface area contributed by atoms with Crippen molar-refractivity contribution in [1.82, 2.24) is 9.59 Å². The first-order chi connectivity index (χ1) is 7.65. The first-order valence-corrected chi connectivity index (χ1v) is 7.18. The summed E-state index contributed by atoms with van der Waals surface area (Å²) in [6, 6.07) is 9.21. The SMILES string of the molecule is CCS(=O)(=O)c1snnc1-c1ccccc1. The van der Waals surface area contributed by atoms with Gasteiger partial charge in [0.2, 0.25) is 0 Å². The van der Waals surface area contributed by atoms with Crippen molar-refractivity contribution >= 4 is 21.4 Å². The summed E-state index contributed by atoms with van der Waals surface area (Å²) in [5, 5.41) is 3.89. The van der Waals surface area contributed by atoms with Crippen LogP contribution in [-0.4, -0.2) is 23.8 Å². The van der Waals surface area contributed by atoms with Gasteiger partial charge in [-0.3, -0.25) is 0 Å². The molecule has 2 rings (SSSR count). The molecule has 0 aliphatic rings. The lowest BCUT2D eigenvalue weighted by Gasteiger charge is -2.00. The minimum absolute atomic E-state index is 0.0662. The van der Waals surface area contributed by atoms with Crippen LogP contribution >= 0.6 is 11.5 Å². The van der Waals surface area contributed by atoms with E-state index in [9.17, 15) is 8.42 Å². The van der Waals surface area contributed by atoms with Crippen molar-refractivity contribution in [3.05, 3.63) is 30.3 Å². The number of rotatable bonds is 3. The van der Waals surface area contributed by atoms with Crippen molar-refractivity contribution in [2.24, 2.45) is 0 Å². The van der Waals surface area contributed by atoms with E-state index in [1.165, 1.54) is 0 Å². The Morgan fingerprint density at radius 2 is 1.94 bits per heavy atom. The molecule has 0 atom stereocenters. The van der Waals surface area contributed by atoms with Crippen LogP contribution in [0.5, 0.6) is 0 Å². The quantitative estimate of drug-likeness (QED) is 0.840. The Hall–Kier alpha value is -1.27. The van der Waals surface area contributed by atoms with Gasteiger partial charge in [0.05, 0.1) is 5.75 Å². The van der Waals surface area contributed by atoms with Gasteiger partial charge >= 0.3 is 0 Å². The topological polar surface area (TPSA) is 59.9 Å². The summed E-state index contributed by atoms with van der Waals surface area (Å²) in [6.45, 7) is 1.61. The van der Waals surface area contributed by atoms with Crippen LogP contribution in [0.25, 0.3) is 11.3 Å². The second kappa shape index (κ2) is 4.31. The molecule has 84 valence electrons. The smallest absolute Gasteiger partial charge is 0.191 e. The molecule has 1 aromatic carbocycles. The molecule has 1 heterocycles. The Morgan fingerprint density at radius 3 is 2.56 bits per heavy atom. The van der Waals surface area contributed by atoms with Crippen LogP contribution in [0.15, 0.2) is 34.5 Å². The van der Waals surface area contributed by atoms with E-state index in [0.717, 1.165) is 17.1 Å². The Morgan fingerprint density at radius 1 is 1.25 bits per heavy atom. The van der Waals surface area contributed by atoms with Gasteiger partial charge in [0, 0.05) is 17.1 Å². The van der Waals surface area contributed by atoms with Crippen molar-refractivity contribution in [2.45, 2.75) is 11.1 Å². The molecule has 0 bridgehead atoms. The number of benzene rings is 1. The van der Waals surface area contributed by atoms with E-state index in [0.29, 0.717) is 5.69 Å². The number of sulfone groups is 1. The van der Waals surface area contributed by atoms with Gasteiger partial charge in [0.15, 0.2) is 14.0 Å². The summed E-state index contributed by atoms with van der Waals surface area (Å²) in [5.41, 5.74) is 1.23. The van der Waals surface area contributed by atoms with E-state index in [1.54, 1.807) is 6.92 Å². The molecule has 0 saturated carbocycles. The second-order valence-corrected chi connectivity index (χ2v) is 6.41. The fourth-order valence-electron chi connectivity index (χ4n) is 1.29. The van der Waals surface area contributed by atoms with Crippen molar-refractivity contribution in [3.63, 3.8) is 0 Å². The zero-order valence-corrected chi connectivity index (χ0v) is 10.3. The molecule has 0 unspecified atom stereocenters. The number of hydrogen-bond acceptors (Lipinski definition) is 5. The van der Waals surface area contributed by atoms with Crippen molar-refractivity contribution in [3.8, 4) is 11.3 Å². The summed E-state index contributed by atoms with van der Waals surface area (Å²) < 4.78 is 27.5. The maximum atomic E-state index is 11.8. The average molecular weight is 254 g/mol. The summed E-state index contributed by atoms with van der Waals surface area (Å²) >= 11 is 0.927. The molecule has 16 heavy (non-hydrogen) atoms. The molecule has 0 aliphatic heterocycles. The Labute approximate surface area is 98.0 Å². The molecule has 6 heteroatoms. The summed E-state index contributed by atoms with van der Waals surface area (Å²) in [6.07, 6.45) is 0. The van der Waals surface area contributed by atoms with Gasteiger partial charge in [-0.2, -0.15) is 0 Å². The zero-order valence-electron chi connectivity index (χ0n) is 8.62. The lowest BCUT2D eigenvalue weighted by atomic mass is 10.2. The predicted octanol–water partition coefficient (Wildman–Crippen LogP) is 2.00. The van der Waals surface area contributed by atoms with Crippen LogP contribution in [0, 0.1) is 0 Å². The van der Waals surface area contributed by atoms with E-state index in [1.807, 2.05) is 30.3 Å². The van der Waals surface area contributed by atoms with Gasteiger partial charge in [-0.05, 0) is 0 Å². The molecule has 0 aliphatic carbocycles. The lowest BCUT2D eigenvalue weighted by molar-refractivity contribution is 0.599. The van der Waals surface area contributed by atoms with Crippen molar-refractivity contribution < 1.29 is 8.42 Å².